The lowest BCUT2D eigenvalue weighted by molar-refractivity contribution is -0.117. The Morgan fingerprint density at radius 2 is 1.81 bits per heavy atom. The van der Waals surface area contributed by atoms with E-state index >= 15 is 0 Å². The number of rotatable bonds is 2. The zero-order chi connectivity index (χ0) is 14.8. The van der Waals surface area contributed by atoms with Crippen molar-refractivity contribution in [1.82, 2.24) is 5.32 Å². The molecule has 0 fully saturated rings. The van der Waals surface area contributed by atoms with Crippen molar-refractivity contribution >= 4 is 17.5 Å². The summed E-state index contributed by atoms with van der Waals surface area (Å²) in [5.41, 5.74) is 1.41. The Bertz CT molecular complexity index is 701. The van der Waals surface area contributed by atoms with E-state index in [1.54, 1.807) is 0 Å². The minimum Gasteiger partial charge on any atom is -0.340 e. The molecule has 2 amide bonds. The third-order valence-electron chi connectivity index (χ3n) is 3.39. The lowest BCUT2D eigenvalue weighted by Crippen LogP contribution is -2.42. The summed E-state index contributed by atoms with van der Waals surface area (Å²) in [6.45, 7) is 0. The molecule has 0 radical (unpaired) electrons. The van der Waals surface area contributed by atoms with Crippen molar-refractivity contribution in [3.63, 3.8) is 0 Å². The van der Waals surface area contributed by atoms with E-state index in [0.29, 0.717) is 6.42 Å². The van der Waals surface area contributed by atoms with Crippen LogP contribution >= 0.6 is 0 Å². The number of fused-ring (bicyclic) bond motifs is 1. The fourth-order valence-electron chi connectivity index (χ4n) is 2.33. The second-order valence-electron chi connectivity index (χ2n) is 4.89. The van der Waals surface area contributed by atoms with E-state index in [4.69, 9.17) is 0 Å². The Labute approximate surface area is 121 Å². The van der Waals surface area contributed by atoms with Gasteiger partial charge in [-0.15, -0.1) is 0 Å². The summed E-state index contributed by atoms with van der Waals surface area (Å²) in [6.07, 6.45) is 0.384. The van der Waals surface area contributed by atoms with Crippen molar-refractivity contribution in [2.45, 2.75) is 12.5 Å². The molecule has 2 aromatic rings. The van der Waals surface area contributed by atoms with Crippen LogP contribution < -0.4 is 10.6 Å². The molecule has 0 saturated carbocycles. The Morgan fingerprint density at radius 1 is 1.05 bits per heavy atom. The summed E-state index contributed by atoms with van der Waals surface area (Å²) >= 11 is 0. The fourth-order valence-corrected chi connectivity index (χ4v) is 2.33. The fraction of sp³-hybridized carbons (Fsp3) is 0.125. The maximum atomic E-state index is 13.2. The highest BCUT2D eigenvalue weighted by Crippen LogP contribution is 2.20. The number of amides is 2. The highest BCUT2D eigenvalue weighted by atomic mass is 19.1. The van der Waals surface area contributed by atoms with Crippen molar-refractivity contribution in [1.29, 1.82) is 0 Å². The van der Waals surface area contributed by atoms with E-state index in [-0.39, 0.29) is 23.1 Å². The summed E-state index contributed by atoms with van der Waals surface area (Å²) in [7, 11) is 0. The van der Waals surface area contributed by atoms with Crippen LogP contribution in [0.2, 0.25) is 0 Å². The molecule has 3 rings (SSSR count). The molecule has 1 aliphatic heterocycles. The van der Waals surface area contributed by atoms with Gasteiger partial charge in [-0.2, -0.15) is 0 Å². The third kappa shape index (κ3) is 2.76. The molecule has 2 N–H and O–H groups in total. The normalized spacial score (nSPS) is 17.5. The van der Waals surface area contributed by atoms with Gasteiger partial charge in [0, 0.05) is 6.42 Å². The zero-order valence-corrected chi connectivity index (χ0v) is 11.1. The van der Waals surface area contributed by atoms with Crippen LogP contribution in [0.15, 0.2) is 48.5 Å². The first-order chi connectivity index (χ1) is 10.1. The summed E-state index contributed by atoms with van der Waals surface area (Å²) in [4.78, 5) is 24.3. The molecule has 1 atom stereocenters. The summed E-state index contributed by atoms with van der Waals surface area (Å²) < 4.78 is 13.2. The minimum atomic E-state index is -0.685. The molecular weight excluding hydrogens is 271 g/mol. The Hall–Kier alpha value is -2.69. The Kier molecular flexibility index (Phi) is 3.39. The number of benzene rings is 2. The lowest BCUT2D eigenvalue weighted by Gasteiger charge is -2.14. The van der Waals surface area contributed by atoms with Gasteiger partial charge in [0.1, 0.15) is 11.9 Å². The van der Waals surface area contributed by atoms with Crippen molar-refractivity contribution < 1.29 is 14.0 Å². The molecule has 1 heterocycles. The van der Waals surface area contributed by atoms with Gasteiger partial charge in [-0.25, -0.2) is 4.39 Å². The summed E-state index contributed by atoms with van der Waals surface area (Å²) in [6, 6.07) is 12.4. The quantitative estimate of drug-likeness (QED) is 0.887. The van der Waals surface area contributed by atoms with Crippen LogP contribution in [0.5, 0.6) is 0 Å². The van der Waals surface area contributed by atoms with Gasteiger partial charge in [0.05, 0.1) is 11.3 Å². The molecule has 0 aromatic heterocycles. The van der Waals surface area contributed by atoms with E-state index in [1.807, 2.05) is 30.3 Å². The first kappa shape index (κ1) is 13.3. The second-order valence-corrected chi connectivity index (χ2v) is 4.89. The molecule has 4 nitrogen and oxygen atoms in total. The monoisotopic (exact) mass is 284 g/mol. The predicted octanol–water partition coefficient (Wildman–Crippen LogP) is 2.12. The average Bonchev–Trinajstić information content (AvgIpc) is 2.57. The average molecular weight is 284 g/mol. The minimum absolute atomic E-state index is 0.202. The molecule has 2 aromatic carbocycles. The van der Waals surface area contributed by atoms with Crippen LogP contribution in [0.4, 0.5) is 10.1 Å². The van der Waals surface area contributed by atoms with Crippen LogP contribution in [0.3, 0.4) is 0 Å². The highest BCUT2D eigenvalue weighted by molar-refractivity contribution is 6.09. The van der Waals surface area contributed by atoms with Crippen molar-refractivity contribution in [2.75, 3.05) is 5.32 Å². The largest absolute Gasteiger partial charge is 0.340 e. The molecule has 5 heteroatoms. The number of hydrogen-bond acceptors (Lipinski definition) is 2. The predicted molar refractivity (Wildman–Crippen MR) is 76.4 cm³/mol. The van der Waals surface area contributed by atoms with Gasteiger partial charge < -0.3 is 10.6 Å². The number of halogens is 1. The van der Waals surface area contributed by atoms with Crippen molar-refractivity contribution in [3.8, 4) is 0 Å². The van der Waals surface area contributed by atoms with Gasteiger partial charge in [-0.05, 0) is 23.8 Å². The van der Waals surface area contributed by atoms with Crippen LogP contribution in [-0.2, 0) is 11.2 Å². The summed E-state index contributed by atoms with van der Waals surface area (Å²) in [5, 5.41) is 5.28. The highest BCUT2D eigenvalue weighted by Gasteiger charge is 2.28. The van der Waals surface area contributed by atoms with Gasteiger partial charge >= 0.3 is 0 Å². The van der Waals surface area contributed by atoms with Crippen LogP contribution in [0.25, 0.3) is 0 Å². The number of carbonyl (C=O) groups excluding carboxylic acids is 2. The van der Waals surface area contributed by atoms with Crippen LogP contribution in [0.1, 0.15) is 15.9 Å². The number of anilines is 1. The van der Waals surface area contributed by atoms with Gasteiger partial charge in [-0.1, -0.05) is 30.3 Å². The van der Waals surface area contributed by atoms with Crippen molar-refractivity contribution in [3.05, 3.63) is 65.5 Å². The number of nitrogens with one attached hydrogen (secondary N) is 2. The molecule has 1 unspecified atom stereocenters. The van der Waals surface area contributed by atoms with Gasteiger partial charge in [0.15, 0.2) is 0 Å². The number of carbonyl (C=O) groups is 2. The molecule has 106 valence electrons. The molecule has 21 heavy (non-hydrogen) atoms. The molecule has 0 bridgehead atoms. The van der Waals surface area contributed by atoms with E-state index in [1.165, 1.54) is 12.1 Å². The first-order valence-corrected chi connectivity index (χ1v) is 6.59. The molecule has 0 spiro atoms. The molecule has 0 aliphatic carbocycles. The Balaban J connectivity index is 1.87. The van der Waals surface area contributed by atoms with Crippen LogP contribution in [0, 0.1) is 5.82 Å². The molecule has 1 aliphatic rings. The van der Waals surface area contributed by atoms with Gasteiger partial charge in [0.2, 0.25) is 5.91 Å². The topological polar surface area (TPSA) is 58.2 Å². The standard InChI is InChI=1S/C16H13FN2O2/c17-11-6-7-12-13(9-11)18-16(21)14(19-15(12)20)8-10-4-2-1-3-5-10/h1-7,9,14H,8H2,(H,18,21)(H,19,20). The van der Waals surface area contributed by atoms with Crippen LogP contribution in [-0.4, -0.2) is 17.9 Å². The zero-order valence-electron chi connectivity index (χ0n) is 11.1. The smallest absolute Gasteiger partial charge is 0.254 e. The SMILES string of the molecule is O=C1NC(Cc2ccccc2)C(=O)Nc2cc(F)ccc21. The second kappa shape index (κ2) is 5.36. The van der Waals surface area contributed by atoms with Gasteiger partial charge in [-0.3, -0.25) is 9.59 Å². The van der Waals surface area contributed by atoms with E-state index < -0.39 is 11.9 Å². The van der Waals surface area contributed by atoms with E-state index in [0.717, 1.165) is 11.6 Å². The molecule has 0 saturated heterocycles. The lowest BCUT2D eigenvalue weighted by atomic mass is 10.1. The first-order valence-electron chi connectivity index (χ1n) is 6.59. The third-order valence-corrected chi connectivity index (χ3v) is 3.39. The maximum Gasteiger partial charge on any atom is 0.254 e. The van der Waals surface area contributed by atoms with E-state index in [2.05, 4.69) is 10.6 Å². The van der Waals surface area contributed by atoms with E-state index in [9.17, 15) is 14.0 Å². The summed E-state index contributed by atoms with van der Waals surface area (Å²) in [5.74, 6) is -1.23. The number of hydrogen-bond donors (Lipinski definition) is 2. The van der Waals surface area contributed by atoms with Crippen molar-refractivity contribution in [2.24, 2.45) is 0 Å². The van der Waals surface area contributed by atoms with Gasteiger partial charge in [0.25, 0.3) is 5.91 Å². The Morgan fingerprint density at radius 3 is 2.57 bits per heavy atom. The maximum absolute atomic E-state index is 13.2. The molecular formula is C16H13FN2O2.